The fraction of sp³-hybridized carbons (Fsp3) is 0.773. The van der Waals surface area contributed by atoms with Gasteiger partial charge in [0.2, 0.25) is 5.95 Å². The first-order chi connectivity index (χ1) is 14.6. The second-order valence-corrected chi connectivity index (χ2v) is 9.68. The first-order valence-corrected chi connectivity index (χ1v) is 12.0. The summed E-state index contributed by atoms with van der Waals surface area (Å²) in [5.41, 5.74) is 0. The highest BCUT2D eigenvalue weighted by Gasteiger charge is 2.25. The maximum absolute atomic E-state index is 5.68. The van der Waals surface area contributed by atoms with E-state index < -0.39 is 0 Å². The molecule has 0 unspecified atom stereocenters. The normalized spacial score (nSPS) is 27.2. The lowest BCUT2D eigenvalue weighted by atomic mass is 9.92. The monoisotopic (exact) mass is 432 g/mol. The lowest BCUT2D eigenvalue weighted by Gasteiger charge is -2.36. The third-order valence-electron chi connectivity index (χ3n) is 6.31. The highest BCUT2D eigenvalue weighted by molar-refractivity contribution is 7.80. The zero-order chi connectivity index (χ0) is 20.9. The Kier molecular flexibility index (Phi) is 7.25. The number of nitrogens with one attached hydrogen (secondary N) is 2. The first-order valence-electron chi connectivity index (χ1n) is 11.6. The molecule has 0 radical (unpaired) electrons. The molecule has 1 aromatic heterocycles. The van der Waals surface area contributed by atoms with Crippen LogP contribution in [0.5, 0.6) is 0 Å². The minimum atomic E-state index is 0.247. The Balaban J connectivity index is 1.49. The summed E-state index contributed by atoms with van der Waals surface area (Å²) >= 11 is 5.52. The van der Waals surface area contributed by atoms with Gasteiger partial charge in [-0.2, -0.15) is 9.97 Å². The van der Waals surface area contributed by atoms with E-state index in [9.17, 15) is 0 Å². The van der Waals surface area contributed by atoms with Gasteiger partial charge in [-0.1, -0.05) is 13.8 Å². The number of anilines is 3. The molecule has 4 rings (SSSR count). The molecule has 1 aromatic rings. The first kappa shape index (κ1) is 21.6. The van der Waals surface area contributed by atoms with Crippen LogP contribution < -0.4 is 20.4 Å². The lowest BCUT2D eigenvalue weighted by molar-refractivity contribution is 0.114. The second kappa shape index (κ2) is 10.1. The van der Waals surface area contributed by atoms with Gasteiger partial charge in [0.25, 0.3) is 0 Å². The summed E-state index contributed by atoms with van der Waals surface area (Å²) in [5.74, 6) is 3.95. The summed E-state index contributed by atoms with van der Waals surface area (Å²) in [6.07, 6.45) is 7.50. The van der Waals surface area contributed by atoms with Crippen molar-refractivity contribution in [3.05, 3.63) is 6.07 Å². The van der Waals surface area contributed by atoms with E-state index in [2.05, 4.69) is 40.3 Å². The maximum atomic E-state index is 5.68. The minimum absolute atomic E-state index is 0.247. The number of thiocarbonyl (C=S) groups is 1. The summed E-state index contributed by atoms with van der Waals surface area (Å²) in [5, 5.41) is 7.07. The molecule has 2 N–H and O–H groups in total. The zero-order valence-electron chi connectivity index (χ0n) is 18.4. The van der Waals surface area contributed by atoms with E-state index in [1.807, 2.05) is 0 Å². The Morgan fingerprint density at radius 2 is 1.77 bits per heavy atom. The van der Waals surface area contributed by atoms with E-state index in [0.717, 1.165) is 63.8 Å². The third-order valence-corrected chi connectivity index (χ3v) is 6.56. The molecule has 166 valence electrons. The Hall–Kier alpha value is -1.67. The Morgan fingerprint density at radius 3 is 2.43 bits per heavy atom. The molecule has 4 heterocycles. The molecule has 3 atom stereocenters. The predicted molar refractivity (Wildman–Crippen MR) is 126 cm³/mol. The van der Waals surface area contributed by atoms with Crippen LogP contribution in [-0.2, 0) is 4.74 Å². The highest BCUT2D eigenvalue weighted by atomic mass is 32.1. The highest BCUT2D eigenvalue weighted by Crippen LogP contribution is 2.29. The van der Waals surface area contributed by atoms with Gasteiger partial charge in [-0.25, -0.2) is 0 Å². The molecule has 3 aliphatic rings. The Morgan fingerprint density at radius 1 is 1.07 bits per heavy atom. The van der Waals surface area contributed by atoms with Gasteiger partial charge in [0.15, 0.2) is 5.11 Å². The van der Waals surface area contributed by atoms with Gasteiger partial charge >= 0.3 is 0 Å². The second-order valence-electron chi connectivity index (χ2n) is 9.28. The molecular formula is C22H36N6OS. The third kappa shape index (κ3) is 5.72. The van der Waals surface area contributed by atoms with Crippen molar-refractivity contribution < 1.29 is 4.74 Å². The van der Waals surface area contributed by atoms with Crippen LogP contribution in [0.1, 0.15) is 52.4 Å². The smallest absolute Gasteiger partial charge is 0.232 e. The van der Waals surface area contributed by atoms with Gasteiger partial charge in [0.1, 0.15) is 11.6 Å². The molecule has 0 aromatic carbocycles. The number of rotatable bonds is 5. The molecule has 0 amide bonds. The van der Waals surface area contributed by atoms with Crippen LogP contribution in [0.4, 0.5) is 17.6 Å². The van der Waals surface area contributed by atoms with E-state index in [1.54, 1.807) is 0 Å². The van der Waals surface area contributed by atoms with E-state index in [0.29, 0.717) is 22.9 Å². The van der Waals surface area contributed by atoms with E-state index >= 15 is 0 Å². The predicted octanol–water partition coefficient (Wildman–Crippen LogP) is 3.41. The summed E-state index contributed by atoms with van der Waals surface area (Å²) in [6, 6.07) is 2.17. The van der Waals surface area contributed by atoms with Crippen LogP contribution in [0.2, 0.25) is 0 Å². The topological polar surface area (TPSA) is 65.5 Å². The van der Waals surface area contributed by atoms with Crippen molar-refractivity contribution in [2.45, 2.75) is 58.5 Å². The van der Waals surface area contributed by atoms with E-state index in [-0.39, 0.29) is 6.10 Å². The van der Waals surface area contributed by atoms with Gasteiger partial charge in [-0.15, -0.1) is 0 Å². The Bertz CT molecular complexity index is 710. The van der Waals surface area contributed by atoms with Gasteiger partial charge in [0, 0.05) is 45.4 Å². The van der Waals surface area contributed by atoms with Gasteiger partial charge in [-0.3, -0.25) is 0 Å². The van der Waals surface area contributed by atoms with Crippen molar-refractivity contribution >= 4 is 34.9 Å². The molecule has 3 fully saturated rings. The lowest BCUT2D eigenvalue weighted by Crippen LogP contribution is -2.40. The molecular weight excluding hydrogens is 396 g/mol. The van der Waals surface area contributed by atoms with Crippen LogP contribution in [0.25, 0.3) is 0 Å². The number of aromatic nitrogens is 2. The summed E-state index contributed by atoms with van der Waals surface area (Å²) < 4.78 is 5.68. The van der Waals surface area contributed by atoms with Crippen molar-refractivity contribution in [1.29, 1.82) is 0 Å². The van der Waals surface area contributed by atoms with Crippen LogP contribution in [0.15, 0.2) is 6.07 Å². The molecule has 0 bridgehead atoms. The molecule has 3 aliphatic heterocycles. The van der Waals surface area contributed by atoms with Crippen molar-refractivity contribution in [3.63, 3.8) is 0 Å². The molecule has 8 heteroatoms. The number of hydrogen-bond acceptors (Lipinski definition) is 6. The average Bonchev–Trinajstić information content (AvgIpc) is 3.26. The maximum Gasteiger partial charge on any atom is 0.232 e. The number of ether oxygens (including phenoxy) is 1. The molecule has 30 heavy (non-hydrogen) atoms. The van der Waals surface area contributed by atoms with Gasteiger partial charge in [0.05, 0.1) is 6.10 Å². The Labute approximate surface area is 186 Å². The van der Waals surface area contributed by atoms with E-state index in [1.165, 1.54) is 25.7 Å². The fourth-order valence-electron chi connectivity index (χ4n) is 4.93. The van der Waals surface area contributed by atoms with Crippen LogP contribution in [0.3, 0.4) is 0 Å². The standard InChI is InChI=1S/C22H36N6OS/c1-16-11-17(2)15-28(14-16)20-12-19(27-8-4-3-5-9-27)24-21(25-20)26-22(30)23-13-18-7-6-10-29-18/h12,16-18H,3-11,13-15H2,1-2H3,(H2,23,24,25,26,30)/t16-,17+,18-/m0/s1. The average molecular weight is 433 g/mol. The van der Waals surface area contributed by atoms with Crippen molar-refractivity contribution in [2.75, 3.05) is 54.4 Å². The largest absolute Gasteiger partial charge is 0.376 e. The van der Waals surface area contributed by atoms with Crippen molar-refractivity contribution in [2.24, 2.45) is 11.8 Å². The number of piperidine rings is 2. The SMILES string of the molecule is C[C@@H]1C[C@H](C)CN(c2cc(N3CCCCC3)nc(NC(=S)NC[C@@H]3CCCO3)n2)C1. The van der Waals surface area contributed by atoms with Crippen molar-refractivity contribution in [1.82, 2.24) is 15.3 Å². The molecule has 0 saturated carbocycles. The van der Waals surface area contributed by atoms with Gasteiger partial charge < -0.3 is 25.2 Å². The van der Waals surface area contributed by atoms with Gasteiger partial charge in [-0.05, 0) is 62.6 Å². The molecule has 0 aliphatic carbocycles. The zero-order valence-corrected chi connectivity index (χ0v) is 19.2. The van der Waals surface area contributed by atoms with Crippen molar-refractivity contribution in [3.8, 4) is 0 Å². The quantitative estimate of drug-likeness (QED) is 0.686. The summed E-state index contributed by atoms with van der Waals surface area (Å²) in [7, 11) is 0. The number of nitrogens with zero attached hydrogens (tertiary/aromatic N) is 4. The molecule has 0 spiro atoms. The minimum Gasteiger partial charge on any atom is -0.376 e. The van der Waals surface area contributed by atoms with Crippen LogP contribution >= 0.6 is 12.2 Å². The van der Waals surface area contributed by atoms with Crippen LogP contribution in [0, 0.1) is 11.8 Å². The fourth-order valence-corrected chi connectivity index (χ4v) is 5.11. The molecule has 3 saturated heterocycles. The van der Waals surface area contributed by atoms with Crippen LogP contribution in [-0.4, -0.2) is 60.5 Å². The summed E-state index contributed by atoms with van der Waals surface area (Å²) in [4.78, 5) is 14.5. The number of hydrogen-bond donors (Lipinski definition) is 2. The molecule has 7 nitrogen and oxygen atoms in total. The van der Waals surface area contributed by atoms with E-state index in [4.69, 9.17) is 26.9 Å². The summed E-state index contributed by atoms with van der Waals surface area (Å²) in [6.45, 7) is 10.4.